The molecule has 138 valence electrons. The zero-order chi connectivity index (χ0) is 19.3. The molecule has 3 aromatic rings. The Labute approximate surface area is 161 Å². The van der Waals surface area contributed by atoms with Crippen LogP contribution >= 0.6 is 0 Å². The fourth-order valence-electron chi connectivity index (χ4n) is 2.49. The molecule has 3 nitrogen and oxygen atoms in total. The first-order valence-corrected chi connectivity index (χ1v) is 10.1. The van der Waals surface area contributed by atoms with Gasteiger partial charge >= 0.3 is 161 Å². The van der Waals surface area contributed by atoms with Gasteiger partial charge in [0.15, 0.2) is 0 Å². The molecule has 1 aromatic heterocycles. The molecular weight excluding hydrogens is 420 g/mol. The van der Waals surface area contributed by atoms with E-state index in [-0.39, 0.29) is 31.1 Å². The molecule has 0 radical (unpaired) electrons. The first-order chi connectivity index (χ1) is 13.0. The number of amides is 1. The monoisotopic (exact) mass is 436 g/mol. The zero-order valence-corrected chi connectivity index (χ0v) is 15.8. The number of alkyl halides is 3. The van der Waals surface area contributed by atoms with Crippen LogP contribution in [0.3, 0.4) is 0 Å². The fraction of sp³-hybridized carbons (Fsp3) is 0.100. The van der Waals surface area contributed by atoms with Crippen LogP contribution in [-0.2, 0) is 5.32 Å². The number of carbonyl (C=O) groups excluding carboxylic acids is 1. The molecule has 0 saturated carbocycles. The number of hydrogen-bond donors (Lipinski definition) is 0. The minimum absolute atomic E-state index is 0.0645. The molecule has 0 N–H and O–H groups in total. The van der Waals surface area contributed by atoms with Gasteiger partial charge in [0.25, 0.3) is 0 Å². The molecule has 1 amide bonds. The summed E-state index contributed by atoms with van der Waals surface area (Å²) in [5.74, 6) is -1.10. The Hall–Kier alpha value is -2.63. The van der Waals surface area contributed by atoms with Crippen LogP contribution in [0.15, 0.2) is 79.1 Å². The standard InChI is InChI=1S/C20H15F3N2OSe/c21-20(22,23)25(16-9-6-12-24-13-16)19(26)17-10-4-5-11-18(17)27-14-15-7-2-1-3-8-15/h1-13H,14H2. The van der Waals surface area contributed by atoms with Gasteiger partial charge in [-0.3, -0.25) is 0 Å². The van der Waals surface area contributed by atoms with E-state index < -0.39 is 12.2 Å². The van der Waals surface area contributed by atoms with Crippen molar-refractivity contribution in [2.75, 3.05) is 4.90 Å². The van der Waals surface area contributed by atoms with Crippen LogP contribution in [0.1, 0.15) is 15.9 Å². The summed E-state index contributed by atoms with van der Waals surface area (Å²) in [7, 11) is 0. The van der Waals surface area contributed by atoms with Gasteiger partial charge in [0.05, 0.1) is 0 Å². The van der Waals surface area contributed by atoms with Gasteiger partial charge in [-0.2, -0.15) is 0 Å². The Kier molecular flexibility index (Phi) is 5.94. The molecule has 2 aromatic carbocycles. The summed E-state index contributed by atoms with van der Waals surface area (Å²) < 4.78 is 41.5. The van der Waals surface area contributed by atoms with Crippen molar-refractivity contribution in [3.63, 3.8) is 0 Å². The van der Waals surface area contributed by atoms with Crippen molar-refractivity contribution in [2.45, 2.75) is 11.6 Å². The Morgan fingerprint density at radius 3 is 2.33 bits per heavy atom. The molecule has 0 aliphatic heterocycles. The van der Waals surface area contributed by atoms with E-state index in [1.54, 1.807) is 18.2 Å². The first kappa shape index (κ1) is 19.1. The first-order valence-electron chi connectivity index (χ1n) is 8.04. The average Bonchev–Trinajstić information content (AvgIpc) is 2.67. The van der Waals surface area contributed by atoms with Gasteiger partial charge in [0.2, 0.25) is 0 Å². The number of benzene rings is 2. The second-order valence-corrected chi connectivity index (χ2v) is 7.72. The summed E-state index contributed by atoms with van der Waals surface area (Å²) in [5.41, 5.74) is 0.842. The number of carbonyl (C=O) groups is 1. The number of anilines is 1. The van der Waals surface area contributed by atoms with E-state index in [9.17, 15) is 18.0 Å². The normalized spacial score (nSPS) is 11.2. The van der Waals surface area contributed by atoms with Gasteiger partial charge in [-0.05, 0) is 0 Å². The van der Waals surface area contributed by atoms with Gasteiger partial charge in [-0.25, -0.2) is 0 Å². The van der Waals surface area contributed by atoms with Crippen LogP contribution in [0.25, 0.3) is 0 Å². The molecule has 0 aliphatic rings. The van der Waals surface area contributed by atoms with Crippen LogP contribution < -0.4 is 9.36 Å². The van der Waals surface area contributed by atoms with Gasteiger partial charge < -0.3 is 0 Å². The van der Waals surface area contributed by atoms with Crippen LogP contribution in [0.2, 0.25) is 0 Å². The van der Waals surface area contributed by atoms with E-state index in [4.69, 9.17) is 0 Å². The molecule has 0 aliphatic carbocycles. The summed E-state index contributed by atoms with van der Waals surface area (Å²) in [6.45, 7) is 0. The number of hydrogen-bond acceptors (Lipinski definition) is 2. The van der Waals surface area contributed by atoms with Gasteiger partial charge in [-0.1, -0.05) is 0 Å². The zero-order valence-electron chi connectivity index (χ0n) is 14.1. The third-order valence-electron chi connectivity index (χ3n) is 3.72. The third-order valence-corrected chi connectivity index (χ3v) is 6.12. The van der Waals surface area contributed by atoms with Crippen molar-refractivity contribution in [1.29, 1.82) is 0 Å². The number of nitrogens with zero attached hydrogens (tertiary/aromatic N) is 2. The van der Waals surface area contributed by atoms with Gasteiger partial charge in [0.1, 0.15) is 0 Å². The van der Waals surface area contributed by atoms with Crippen LogP contribution in [-0.4, -0.2) is 32.1 Å². The Bertz CT molecular complexity index is 902. The van der Waals surface area contributed by atoms with Gasteiger partial charge in [-0.15, -0.1) is 0 Å². The number of rotatable bonds is 5. The second kappa shape index (κ2) is 8.37. The maximum atomic E-state index is 13.6. The third kappa shape index (κ3) is 4.76. The van der Waals surface area contributed by atoms with Crippen molar-refractivity contribution < 1.29 is 18.0 Å². The number of pyridine rings is 1. The average molecular weight is 435 g/mol. The van der Waals surface area contributed by atoms with Crippen molar-refractivity contribution in [3.8, 4) is 0 Å². The van der Waals surface area contributed by atoms with Crippen LogP contribution in [0.5, 0.6) is 0 Å². The van der Waals surface area contributed by atoms with E-state index in [1.165, 1.54) is 24.4 Å². The van der Waals surface area contributed by atoms with Crippen LogP contribution in [0.4, 0.5) is 18.9 Å². The molecule has 27 heavy (non-hydrogen) atoms. The molecule has 0 atom stereocenters. The summed E-state index contributed by atoms with van der Waals surface area (Å²) in [4.78, 5) is 16.4. The summed E-state index contributed by atoms with van der Waals surface area (Å²) in [6.07, 6.45) is -2.46. The van der Waals surface area contributed by atoms with E-state index in [0.717, 1.165) is 11.8 Å². The summed E-state index contributed by atoms with van der Waals surface area (Å²) in [6, 6.07) is 18.7. The Morgan fingerprint density at radius 1 is 0.963 bits per heavy atom. The molecule has 0 fully saturated rings. The molecule has 1 heterocycles. The Balaban J connectivity index is 1.91. The summed E-state index contributed by atoms with van der Waals surface area (Å²) in [5, 5.41) is 0.692. The Morgan fingerprint density at radius 2 is 1.67 bits per heavy atom. The van der Waals surface area contributed by atoms with Crippen LogP contribution in [0, 0.1) is 0 Å². The minimum atomic E-state index is -4.85. The van der Waals surface area contributed by atoms with Crippen molar-refractivity contribution in [1.82, 2.24) is 4.98 Å². The number of aromatic nitrogens is 1. The molecule has 0 spiro atoms. The van der Waals surface area contributed by atoms with E-state index in [0.29, 0.717) is 9.78 Å². The molecule has 0 unspecified atom stereocenters. The van der Waals surface area contributed by atoms with E-state index >= 15 is 0 Å². The maximum absolute atomic E-state index is 13.6. The molecule has 0 bridgehead atoms. The van der Waals surface area contributed by atoms with E-state index in [1.807, 2.05) is 30.3 Å². The van der Waals surface area contributed by atoms with E-state index in [2.05, 4.69) is 4.98 Å². The molecule has 0 saturated heterocycles. The van der Waals surface area contributed by atoms with Crippen molar-refractivity contribution in [2.24, 2.45) is 0 Å². The number of halogens is 3. The topological polar surface area (TPSA) is 33.2 Å². The second-order valence-electron chi connectivity index (χ2n) is 5.59. The quantitative estimate of drug-likeness (QED) is 0.452. The summed E-state index contributed by atoms with van der Waals surface area (Å²) >= 11 is -0.181. The van der Waals surface area contributed by atoms with Crippen molar-refractivity contribution >= 4 is 31.0 Å². The molecule has 7 heteroatoms. The molecule has 3 rings (SSSR count). The van der Waals surface area contributed by atoms with Gasteiger partial charge in [0, 0.05) is 0 Å². The fourth-order valence-corrected chi connectivity index (χ4v) is 4.59. The molecular formula is C20H15F3N2OSe. The predicted octanol–water partition coefficient (Wildman–Crippen LogP) is 3.78. The van der Waals surface area contributed by atoms with Crippen molar-refractivity contribution in [3.05, 3.63) is 90.3 Å². The predicted molar refractivity (Wildman–Crippen MR) is 99.1 cm³/mol. The SMILES string of the molecule is O=C(c1ccccc1[Se]Cc1ccccc1)N(c1cccnc1)C(F)(F)F.